The lowest BCUT2D eigenvalue weighted by atomic mass is 9.95. The van der Waals surface area contributed by atoms with Crippen LogP contribution in [0.25, 0.3) is 0 Å². The molecule has 1 unspecified atom stereocenters. The highest BCUT2D eigenvalue weighted by Gasteiger charge is 2.39. The third-order valence-corrected chi connectivity index (χ3v) is 8.48. The van der Waals surface area contributed by atoms with Crippen molar-refractivity contribution >= 4 is 15.9 Å². The molecule has 1 atom stereocenters. The minimum absolute atomic E-state index is 0.153. The van der Waals surface area contributed by atoms with Gasteiger partial charge in [0.1, 0.15) is 19.0 Å². The molecule has 35 heavy (non-hydrogen) atoms. The first kappa shape index (κ1) is 23.8. The summed E-state index contributed by atoms with van der Waals surface area (Å²) in [6, 6.07) is 9.44. The molecule has 0 aromatic heterocycles. The van der Waals surface area contributed by atoms with Gasteiger partial charge in [-0.2, -0.15) is 4.31 Å². The summed E-state index contributed by atoms with van der Waals surface area (Å²) in [5.41, 5.74) is 3.11. The van der Waals surface area contributed by atoms with Gasteiger partial charge >= 0.3 is 0 Å². The van der Waals surface area contributed by atoms with Gasteiger partial charge in [0, 0.05) is 44.4 Å². The molecule has 186 valence electrons. The second-order valence-electron chi connectivity index (χ2n) is 9.12. The first-order valence-electron chi connectivity index (χ1n) is 11.6. The van der Waals surface area contributed by atoms with Gasteiger partial charge in [-0.25, -0.2) is 12.8 Å². The van der Waals surface area contributed by atoms with Crippen LogP contribution in [0.2, 0.25) is 0 Å². The Labute approximate surface area is 204 Å². The molecule has 5 rings (SSSR count). The molecule has 0 saturated heterocycles. The third kappa shape index (κ3) is 4.41. The maximum Gasteiger partial charge on any atom is 0.243 e. The molecule has 2 aromatic carbocycles. The Morgan fingerprint density at radius 3 is 2.40 bits per heavy atom. The smallest absolute Gasteiger partial charge is 0.243 e. The van der Waals surface area contributed by atoms with E-state index < -0.39 is 21.8 Å². The van der Waals surface area contributed by atoms with Crippen LogP contribution < -0.4 is 14.8 Å². The van der Waals surface area contributed by atoms with Crippen molar-refractivity contribution in [1.82, 2.24) is 14.5 Å². The SMILES string of the molecule is CNCC(C(=O)N1CC2=C(C1)CN(S(=O)(=O)c1ccc3c(c1)OCCO3)C2)c1cc(C)ccc1F. The fourth-order valence-corrected chi connectivity index (χ4v) is 6.34. The van der Waals surface area contributed by atoms with Crippen LogP contribution in [0.5, 0.6) is 11.5 Å². The van der Waals surface area contributed by atoms with Gasteiger partial charge in [-0.3, -0.25) is 4.79 Å². The lowest BCUT2D eigenvalue weighted by molar-refractivity contribution is -0.131. The van der Waals surface area contributed by atoms with Crippen molar-refractivity contribution in [2.24, 2.45) is 0 Å². The normalized spacial score (nSPS) is 18.7. The van der Waals surface area contributed by atoms with Crippen molar-refractivity contribution in [3.8, 4) is 11.5 Å². The second kappa shape index (κ2) is 9.25. The minimum atomic E-state index is -3.74. The van der Waals surface area contributed by atoms with E-state index in [9.17, 15) is 17.6 Å². The summed E-state index contributed by atoms with van der Waals surface area (Å²) >= 11 is 0. The number of amides is 1. The zero-order valence-electron chi connectivity index (χ0n) is 19.7. The molecule has 3 aliphatic heterocycles. The largest absolute Gasteiger partial charge is 0.486 e. The maximum atomic E-state index is 14.6. The summed E-state index contributed by atoms with van der Waals surface area (Å²) in [7, 11) is -2.00. The predicted molar refractivity (Wildman–Crippen MR) is 128 cm³/mol. The maximum absolute atomic E-state index is 14.6. The summed E-state index contributed by atoms with van der Waals surface area (Å²) in [5, 5.41) is 3.00. The molecular weight excluding hydrogens is 473 g/mol. The monoisotopic (exact) mass is 501 g/mol. The Morgan fingerprint density at radius 2 is 1.71 bits per heavy atom. The predicted octanol–water partition coefficient (Wildman–Crippen LogP) is 2.05. The number of likely N-dealkylation sites (N-methyl/N-ethyl adjacent to an activating group) is 1. The number of nitrogens with one attached hydrogen (secondary N) is 1. The minimum Gasteiger partial charge on any atom is -0.486 e. The number of sulfonamides is 1. The average molecular weight is 502 g/mol. The molecule has 0 saturated carbocycles. The lowest BCUT2D eigenvalue weighted by Crippen LogP contribution is -2.40. The zero-order valence-corrected chi connectivity index (χ0v) is 20.5. The van der Waals surface area contributed by atoms with Crippen LogP contribution in [-0.2, 0) is 14.8 Å². The van der Waals surface area contributed by atoms with Gasteiger partial charge in [0.15, 0.2) is 11.5 Å². The standard InChI is InChI=1S/C25H28FN3O5S/c1-16-3-5-22(26)20(9-16)21(11-27-2)25(30)28-12-17-14-29(15-18(17)13-28)35(31,32)19-4-6-23-24(10-19)34-8-7-33-23/h3-6,9-10,21,27H,7-8,11-15H2,1-2H3. The quantitative estimate of drug-likeness (QED) is 0.610. The van der Waals surface area contributed by atoms with E-state index in [-0.39, 0.29) is 23.9 Å². The van der Waals surface area contributed by atoms with Gasteiger partial charge in [0.2, 0.25) is 15.9 Å². The molecule has 0 bridgehead atoms. The van der Waals surface area contributed by atoms with E-state index in [4.69, 9.17) is 9.47 Å². The molecular formula is C25H28FN3O5S. The number of rotatable bonds is 6. The molecule has 0 radical (unpaired) electrons. The number of hydrogen-bond acceptors (Lipinski definition) is 6. The Hall–Kier alpha value is -2.95. The molecule has 1 N–H and O–H groups in total. The topological polar surface area (TPSA) is 88.2 Å². The Morgan fingerprint density at radius 1 is 1.03 bits per heavy atom. The van der Waals surface area contributed by atoms with Crippen molar-refractivity contribution in [1.29, 1.82) is 0 Å². The number of fused-ring (bicyclic) bond motifs is 1. The average Bonchev–Trinajstić information content (AvgIpc) is 3.44. The summed E-state index contributed by atoms with van der Waals surface area (Å²) < 4.78 is 53.6. The fourth-order valence-electron chi connectivity index (χ4n) is 4.89. The van der Waals surface area contributed by atoms with E-state index in [0.29, 0.717) is 49.9 Å². The molecule has 3 aliphatic rings. The number of halogens is 1. The van der Waals surface area contributed by atoms with Crippen molar-refractivity contribution in [2.75, 3.05) is 53.0 Å². The van der Waals surface area contributed by atoms with Gasteiger partial charge in [-0.05, 0) is 43.3 Å². The van der Waals surface area contributed by atoms with E-state index in [1.54, 1.807) is 30.1 Å². The van der Waals surface area contributed by atoms with Crippen molar-refractivity contribution < 1.29 is 27.1 Å². The molecule has 2 aromatic rings. The first-order valence-corrected chi connectivity index (χ1v) is 13.0. The van der Waals surface area contributed by atoms with E-state index in [2.05, 4.69) is 5.32 Å². The van der Waals surface area contributed by atoms with Gasteiger partial charge < -0.3 is 19.7 Å². The number of hydrogen-bond donors (Lipinski definition) is 1. The Balaban J connectivity index is 1.29. The van der Waals surface area contributed by atoms with E-state index in [0.717, 1.165) is 16.7 Å². The highest BCUT2D eigenvalue weighted by Crippen LogP contribution is 2.36. The van der Waals surface area contributed by atoms with Crippen LogP contribution in [0.1, 0.15) is 17.0 Å². The van der Waals surface area contributed by atoms with Gasteiger partial charge in [0.25, 0.3) is 0 Å². The van der Waals surface area contributed by atoms with Gasteiger partial charge in [0.05, 0.1) is 10.8 Å². The molecule has 10 heteroatoms. The number of nitrogens with zero attached hydrogens (tertiary/aromatic N) is 2. The Bertz CT molecular complexity index is 1290. The summed E-state index contributed by atoms with van der Waals surface area (Å²) in [6.45, 7) is 4.13. The zero-order chi connectivity index (χ0) is 24.7. The summed E-state index contributed by atoms with van der Waals surface area (Å²) in [4.78, 5) is 15.3. The highest BCUT2D eigenvalue weighted by molar-refractivity contribution is 7.89. The molecule has 0 fully saturated rings. The number of benzene rings is 2. The fraction of sp³-hybridized carbons (Fsp3) is 0.400. The van der Waals surface area contributed by atoms with Crippen LogP contribution in [0.4, 0.5) is 4.39 Å². The Kier molecular flexibility index (Phi) is 6.29. The van der Waals surface area contributed by atoms with Crippen molar-refractivity contribution in [3.63, 3.8) is 0 Å². The van der Waals surface area contributed by atoms with Crippen molar-refractivity contribution in [3.05, 3.63) is 64.5 Å². The first-order chi connectivity index (χ1) is 16.8. The molecule has 1 amide bonds. The number of carbonyl (C=O) groups is 1. The highest BCUT2D eigenvalue weighted by atomic mass is 32.2. The van der Waals surface area contributed by atoms with E-state index in [1.165, 1.54) is 22.5 Å². The number of aryl methyl sites for hydroxylation is 1. The molecule has 3 heterocycles. The summed E-state index contributed by atoms with van der Waals surface area (Å²) in [5.74, 6) is -0.266. The number of carbonyl (C=O) groups excluding carboxylic acids is 1. The van der Waals surface area contributed by atoms with Gasteiger partial charge in [-0.15, -0.1) is 0 Å². The second-order valence-corrected chi connectivity index (χ2v) is 11.1. The lowest BCUT2D eigenvalue weighted by Gasteiger charge is -2.27. The summed E-state index contributed by atoms with van der Waals surface area (Å²) in [6.07, 6.45) is 0. The van der Waals surface area contributed by atoms with E-state index in [1.807, 2.05) is 6.92 Å². The van der Waals surface area contributed by atoms with Crippen LogP contribution in [0, 0.1) is 12.7 Å². The van der Waals surface area contributed by atoms with Crippen LogP contribution in [0.3, 0.4) is 0 Å². The van der Waals surface area contributed by atoms with E-state index >= 15 is 0 Å². The van der Waals surface area contributed by atoms with Crippen LogP contribution in [-0.4, -0.2) is 76.5 Å². The third-order valence-electron chi connectivity index (χ3n) is 6.69. The molecule has 8 nitrogen and oxygen atoms in total. The van der Waals surface area contributed by atoms with Crippen LogP contribution >= 0.6 is 0 Å². The van der Waals surface area contributed by atoms with Gasteiger partial charge in [-0.1, -0.05) is 17.7 Å². The number of ether oxygens (including phenoxy) is 2. The van der Waals surface area contributed by atoms with Crippen LogP contribution in [0.15, 0.2) is 52.4 Å². The van der Waals surface area contributed by atoms with Crippen molar-refractivity contribution in [2.45, 2.75) is 17.7 Å². The molecule has 0 spiro atoms. The molecule has 0 aliphatic carbocycles.